The number of hydrogen-bond donors (Lipinski definition) is 0. The van der Waals surface area contributed by atoms with Crippen molar-refractivity contribution in [2.24, 2.45) is 0 Å². The molecule has 0 aromatic heterocycles. The van der Waals surface area contributed by atoms with E-state index in [-0.39, 0.29) is 5.83 Å². The highest BCUT2D eigenvalue weighted by molar-refractivity contribution is 5.91. The molecule has 0 bridgehead atoms. The summed E-state index contributed by atoms with van der Waals surface area (Å²) in [5, 5.41) is 2.17. The predicted molar refractivity (Wildman–Crippen MR) is 80.3 cm³/mol. The van der Waals surface area contributed by atoms with Crippen molar-refractivity contribution in [2.45, 2.75) is 26.2 Å². The lowest BCUT2D eigenvalue weighted by Crippen LogP contribution is -1.78. The van der Waals surface area contributed by atoms with Crippen LogP contribution in [-0.4, -0.2) is 0 Å². The van der Waals surface area contributed by atoms with Crippen LogP contribution in [0.2, 0.25) is 0 Å². The fourth-order valence-electron chi connectivity index (χ4n) is 1.96. The average molecular weight is 252 g/mol. The van der Waals surface area contributed by atoms with E-state index in [2.05, 4.69) is 18.8 Å². The van der Waals surface area contributed by atoms with Crippen LogP contribution in [-0.2, 0) is 0 Å². The lowest BCUT2D eigenvalue weighted by Gasteiger charge is -2.01. The van der Waals surface area contributed by atoms with Crippen LogP contribution in [0.4, 0.5) is 4.39 Å². The van der Waals surface area contributed by atoms with Gasteiger partial charge in [-0.15, -0.1) is 0 Å². The third kappa shape index (κ3) is 3.69. The van der Waals surface area contributed by atoms with Crippen LogP contribution in [0.3, 0.4) is 0 Å². The van der Waals surface area contributed by atoms with Gasteiger partial charge in [0.1, 0.15) is 0 Å². The van der Waals surface area contributed by atoms with E-state index in [0.717, 1.165) is 35.6 Å². The maximum Gasteiger partial charge on any atom is 0.173 e. The first kappa shape index (κ1) is 13.4. The van der Waals surface area contributed by atoms with Crippen molar-refractivity contribution in [3.8, 4) is 11.8 Å². The van der Waals surface area contributed by atoms with Gasteiger partial charge in [0.25, 0.3) is 0 Å². The molecule has 0 aliphatic carbocycles. The van der Waals surface area contributed by atoms with Crippen molar-refractivity contribution in [1.29, 1.82) is 0 Å². The van der Waals surface area contributed by atoms with Gasteiger partial charge in [0.2, 0.25) is 0 Å². The summed E-state index contributed by atoms with van der Waals surface area (Å²) in [7, 11) is 0. The third-order valence-corrected chi connectivity index (χ3v) is 2.97. The quantitative estimate of drug-likeness (QED) is 0.510. The molecule has 2 rings (SSSR count). The van der Waals surface area contributed by atoms with E-state index in [1.807, 2.05) is 42.5 Å². The molecule has 2 aromatic carbocycles. The van der Waals surface area contributed by atoms with E-state index < -0.39 is 0 Å². The smallest absolute Gasteiger partial charge is 0.173 e. The number of fused-ring (bicyclic) bond motifs is 1. The molecule has 0 saturated heterocycles. The Balaban J connectivity index is 2.26. The molecule has 0 fully saturated rings. The van der Waals surface area contributed by atoms with Crippen LogP contribution < -0.4 is 0 Å². The summed E-state index contributed by atoms with van der Waals surface area (Å²) in [6.45, 7) is 2.10. The van der Waals surface area contributed by atoms with Gasteiger partial charge in [-0.25, -0.2) is 0 Å². The molecule has 0 aliphatic rings. The molecule has 0 atom stereocenters. The maximum absolute atomic E-state index is 13.7. The van der Waals surface area contributed by atoms with Gasteiger partial charge >= 0.3 is 0 Å². The highest BCUT2D eigenvalue weighted by atomic mass is 19.1. The van der Waals surface area contributed by atoms with Crippen LogP contribution in [0.25, 0.3) is 16.8 Å². The Bertz CT molecular complexity index is 636. The highest BCUT2D eigenvalue weighted by Crippen LogP contribution is 2.20. The first-order valence-corrected chi connectivity index (χ1v) is 6.65. The summed E-state index contributed by atoms with van der Waals surface area (Å²) in [5.41, 5.74) is 0.875. The van der Waals surface area contributed by atoms with Gasteiger partial charge in [-0.1, -0.05) is 61.7 Å². The molecule has 2 aromatic rings. The van der Waals surface area contributed by atoms with Crippen LogP contribution in [0.1, 0.15) is 31.7 Å². The van der Waals surface area contributed by atoms with Crippen molar-refractivity contribution in [3.05, 3.63) is 53.9 Å². The molecule has 0 unspecified atom stereocenters. The summed E-state index contributed by atoms with van der Waals surface area (Å²) in [4.78, 5) is 0. The molecular formula is C18H17F. The summed E-state index contributed by atoms with van der Waals surface area (Å²) in [5.74, 6) is 5.07. The minimum absolute atomic E-state index is 0.368. The van der Waals surface area contributed by atoms with Crippen molar-refractivity contribution in [2.75, 3.05) is 0 Å². The fraction of sp³-hybridized carbons (Fsp3) is 0.222. The van der Waals surface area contributed by atoms with E-state index in [0.29, 0.717) is 0 Å². The van der Waals surface area contributed by atoms with Gasteiger partial charge in [-0.2, -0.15) is 4.39 Å². The van der Waals surface area contributed by atoms with Crippen molar-refractivity contribution < 1.29 is 4.39 Å². The second-order valence-corrected chi connectivity index (χ2v) is 4.47. The van der Waals surface area contributed by atoms with Gasteiger partial charge in [-0.05, 0) is 34.8 Å². The van der Waals surface area contributed by atoms with Crippen LogP contribution in [0.5, 0.6) is 0 Å². The summed E-state index contributed by atoms with van der Waals surface area (Å²) < 4.78 is 13.7. The lowest BCUT2D eigenvalue weighted by atomic mass is 10.0. The van der Waals surface area contributed by atoms with E-state index in [1.165, 1.54) is 6.08 Å². The molecule has 96 valence electrons. The van der Waals surface area contributed by atoms with Gasteiger partial charge in [0, 0.05) is 6.42 Å². The molecule has 0 radical (unpaired) electrons. The zero-order valence-corrected chi connectivity index (χ0v) is 11.1. The van der Waals surface area contributed by atoms with Gasteiger partial charge in [0.05, 0.1) is 0 Å². The minimum Gasteiger partial charge on any atom is -0.197 e. The topological polar surface area (TPSA) is 0 Å². The first-order chi connectivity index (χ1) is 9.31. The Morgan fingerprint density at radius 1 is 1.16 bits per heavy atom. The van der Waals surface area contributed by atoms with E-state index in [1.54, 1.807) is 0 Å². The van der Waals surface area contributed by atoms with Crippen LogP contribution in [0.15, 0.2) is 48.3 Å². The number of unbranched alkanes of at least 4 members (excludes halogenated alkanes) is 2. The molecular weight excluding hydrogens is 235 g/mol. The second kappa shape index (κ2) is 6.75. The fourth-order valence-corrected chi connectivity index (χ4v) is 1.96. The molecule has 0 nitrogen and oxygen atoms in total. The number of allylic oxidation sites excluding steroid dienone is 1. The molecule has 0 spiro atoms. The predicted octanol–water partition coefficient (Wildman–Crippen LogP) is 5.34. The first-order valence-electron chi connectivity index (χ1n) is 6.65. The normalized spacial score (nSPS) is 11.2. The Morgan fingerprint density at radius 2 is 1.95 bits per heavy atom. The Morgan fingerprint density at radius 3 is 2.79 bits per heavy atom. The molecule has 0 amide bonds. The second-order valence-electron chi connectivity index (χ2n) is 4.47. The third-order valence-electron chi connectivity index (χ3n) is 2.97. The number of rotatable bonds is 3. The van der Waals surface area contributed by atoms with Gasteiger partial charge in [0.15, 0.2) is 5.83 Å². The van der Waals surface area contributed by atoms with Crippen LogP contribution >= 0.6 is 0 Å². The number of benzene rings is 2. The summed E-state index contributed by atoms with van der Waals surface area (Å²) >= 11 is 0. The van der Waals surface area contributed by atoms with E-state index in [9.17, 15) is 4.39 Å². The molecule has 1 heteroatoms. The van der Waals surface area contributed by atoms with Gasteiger partial charge in [-0.3, -0.25) is 0 Å². The summed E-state index contributed by atoms with van der Waals surface area (Å²) in [6, 6.07) is 13.8. The van der Waals surface area contributed by atoms with Crippen molar-refractivity contribution >= 4 is 16.8 Å². The Kier molecular flexibility index (Phi) is 4.75. The van der Waals surface area contributed by atoms with Crippen LogP contribution in [0, 0.1) is 11.8 Å². The Hall–Kier alpha value is -2.07. The van der Waals surface area contributed by atoms with Gasteiger partial charge < -0.3 is 0 Å². The maximum atomic E-state index is 13.7. The Labute approximate surface area is 114 Å². The largest absolute Gasteiger partial charge is 0.197 e. The zero-order valence-electron chi connectivity index (χ0n) is 11.1. The lowest BCUT2D eigenvalue weighted by molar-refractivity contribution is 0.682. The van der Waals surface area contributed by atoms with E-state index >= 15 is 0 Å². The van der Waals surface area contributed by atoms with Crippen molar-refractivity contribution in [3.63, 3.8) is 0 Å². The minimum atomic E-state index is -0.368. The monoisotopic (exact) mass is 252 g/mol. The molecule has 19 heavy (non-hydrogen) atoms. The molecule has 0 N–H and O–H groups in total. The zero-order chi connectivity index (χ0) is 13.5. The standard InChI is InChI=1S/C18H17F/c1-2-3-4-5-12-17(19)14-16-11-8-10-15-9-6-7-13-18(15)16/h6-11,13-14H,2-4H2,1H3/b17-14+. The SMILES string of the molecule is CCCCC#C/C(F)=C\c1cccc2ccccc12. The number of hydrogen-bond acceptors (Lipinski definition) is 0. The average Bonchev–Trinajstić information content (AvgIpc) is 2.44. The molecule has 0 saturated carbocycles. The van der Waals surface area contributed by atoms with Crippen molar-refractivity contribution in [1.82, 2.24) is 0 Å². The molecule has 0 aliphatic heterocycles. The number of halogens is 1. The summed E-state index contributed by atoms with van der Waals surface area (Å²) in [6.07, 6.45) is 4.38. The van der Waals surface area contributed by atoms with E-state index in [4.69, 9.17) is 0 Å². The molecule has 0 heterocycles. The highest BCUT2D eigenvalue weighted by Gasteiger charge is 1.98.